The molecular formula is C15H22N2O2. The summed E-state index contributed by atoms with van der Waals surface area (Å²) in [5, 5.41) is 3.44. The number of ether oxygens (including phenoxy) is 1. The molecular weight excluding hydrogens is 240 g/mol. The lowest BCUT2D eigenvalue weighted by Gasteiger charge is -2.23. The maximum absolute atomic E-state index is 11.6. The summed E-state index contributed by atoms with van der Waals surface area (Å²) in [6.45, 7) is 2.18. The van der Waals surface area contributed by atoms with Crippen molar-refractivity contribution in [2.75, 3.05) is 18.2 Å². The second-order valence-corrected chi connectivity index (χ2v) is 5.24. The van der Waals surface area contributed by atoms with E-state index in [1.807, 2.05) is 12.1 Å². The molecule has 1 atom stereocenters. The average molecular weight is 262 g/mol. The summed E-state index contributed by atoms with van der Waals surface area (Å²) >= 11 is 0. The highest BCUT2D eigenvalue weighted by atomic mass is 16.5. The van der Waals surface area contributed by atoms with Crippen molar-refractivity contribution in [3.63, 3.8) is 0 Å². The van der Waals surface area contributed by atoms with E-state index in [4.69, 9.17) is 10.5 Å². The van der Waals surface area contributed by atoms with E-state index < -0.39 is 5.97 Å². The molecule has 1 aliphatic rings. The second kappa shape index (κ2) is 5.95. The van der Waals surface area contributed by atoms with Crippen molar-refractivity contribution in [3.05, 3.63) is 23.8 Å². The third-order valence-corrected chi connectivity index (χ3v) is 4.00. The number of nitrogens with two attached hydrogens (primary N) is 1. The zero-order valence-corrected chi connectivity index (χ0v) is 11.6. The number of anilines is 2. The van der Waals surface area contributed by atoms with Crippen LogP contribution in [-0.4, -0.2) is 19.1 Å². The highest BCUT2D eigenvalue weighted by molar-refractivity contribution is 5.98. The molecule has 0 heterocycles. The van der Waals surface area contributed by atoms with Crippen molar-refractivity contribution in [3.8, 4) is 0 Å². The number of nitrogens with one attached hydrogen (secondary N) is 1. The number of esters is 1. The van der Waals surface area contributed by atoms with Crippen LogP contribution in [0.1, 0.15) is 43.0 Å². The van der Waals surface area contributed by atoms with Crippen molar-refractivity contribution < 1.29 is 9.53 Å². The van der Waals surface area contributed by atoms with Gasteiger partial charge in [-0.3, -0.25) is 0 Å². The Bertz CT molecular complexity index is 453. The lowest BCUT2D eigenvalue weighted by atomic mass is 9.99. The Morgan fingerprint density at radius 2 is 2.11 bits per heavy atom. The van der Waals surface area contributed by atoms with Crippen LogP contribution in [-0.2, 0) is 4.74 Å². The van der Waals surface area contributed by atoms with Crippen LogP contribution in [0, 0.1) is 5.92 Å². The Morgan fingerprint density at radius 1 is 1.42 bits per heavy atom. The predicted molar refractivity (Wildman–Crippen MR) is 77.2 cm³/mol. The van der Waals surface area contributed by atoms with E-state index in [1.165, 1.54) is 32.8 Å². The van der Waals surface area contributed by atoms with Crippen LogP contribution in [0.5, 0.6) is 0 Å². The van der Waals surface area contributed by atoms with Crippen LogP contribution in [0.15, 0.2) is 18.2 Å². The first-order valence-electron chi connectivity index (χ1n) is 6.87. The zero-order chi connectivity index (χ0) is 13.8. The monoisotopic (exact) mass is 262 g/mol. The molecule has 1 aromatic rings. The molecule has 104 valence electrons. The first-order valence-corrected chi connectivity index (χ1v) is 6.87. The minimum Gasteiger partial charge on any atom is -0.465 e. The van der Waals surface area contributed by atoms with Gasteiger partial charge in [-0.05, 0) is 37.8 Å². The SMILES string of the molecule is COC(=O)c1cccc(NC(C)C2CCCC2)c1N. The van der Waals surface area contributed by atoms with Gasteiger partial charge < -0.3 is 15.8 Å². The summed E-state index contributed by atoms with van der Waals surface area (Å²) in [5.74, 6) is 0.302. The van der Waals surface area contributed by atoms with Gasteiger partial charge in [-0.2, -0.15) is 0 Å². The number of carbonyl (C=O) groups is 1. The van der Waals surface area contributed by atoms with Crippen LogP contribution in [0.4, 0.5) is 11.4 Å². The highest BCUT2D eigenvalue weighted by Gasteiger charge is 2.22. The number of carbonyl (C=O) groups excluding carboxylic acids is 1. The molecule has 1 saturated carbocycles. The molecule has 1 unspecified atom stereocenters. The molecule has 0 amide bonds. The molecule has 1 aliphatic carbocycles. The lowest BCUT2D eigenvalue weighted by molar-refractivity contribution is 0.0602. The Balaban J connectivity index is 2.13. The summed E-state index contributed by atoms with van der Waals surface area (Å²) in [4.78, 5) is 11.6. The molecule has 0 aliphatic heterocycles. The number of nitrogen functional groups attached to an aromatic ring is 1. The van der Waals surface area contributed by atoms with Gasteiger partial charge in [0, 0.05) is 6.04 Å². The molecule has 3 N–H and O–H groups in total. The van der Waals surface area contributed by atoms with E-state index >= 15 is 0 Å². The summed E-state index contributed by atoms with van der Waals surface area (Å²) in [5.41, 5.74) is 7.76. The predicted octanol–water partition coefficient (Wildman–Crippen LogP) is 3.05. The molecule has 0 radical (unpaired) electrons. The average Bonchev–Trinajstić information content (AvgIpc) is 2.94. The van der Waals surface area contributed by atoms with Crippen molar-refractivity contribution in [1.82, 2.24) is 0 Å². The van der Waals surface area contributed by atoms with Gasteiger partial charge in [-0.1, -0.05) is 18.9 Å². The number of methoxy groups -OCH3 is 1. The number of hydrogen-bond donors (Lipinski definition) is 2. The van der Waals surface area contributed by atoms with Gasteiger partial charge in [-0.25, -0.2) is 4.79 Å². The first-order chi connectivity index (χ1) is 9.13. The molecule has 2 rings (SSSR count). The third kappa shape index (κ3) is 3.00. The first kappa shape index (κ1) is 13.7. The fourth-order valence-corrected chi connectivity index (χ4v) is 2.80. The molecule has 0 spiro atoms. The van der Waals surface area contributed by atoms with Crippen LogP contribution < -0.4 is 11.1 Å². The quantitative estimate of drug-likeness (QED) is 0.646. The highest BCUT2D eigenvalue weighted by Crippen LogP contribution is 2.31. The fraction of sp³-hybridized carbons (Fsp3) is 0.533. The molecule has 1 fully saturated rings. The smallest absolute Gasteiger partial charge is 0.340 e. The molecule has 1 aromatic carbocycles. The number of para-hydroxylation sites is 1. The minimum absolute atomic E-state index is 0.373. The largest absolute Gasteiger partial charge is 0.465 e. The maximum atomic E-state index is 11.6. The summed E-state index contributed by atoms with van der Waals surface area (Å²) in [6.07, 6.45) is 5.16. The van der Waals surface area contributed by atoms with Gasteiger partial charge in [0.25, 0.3) is 0 Å². The van der Waals surface area contributed by atoms with Crippen molar-refractivity contribution in [1.29, 1.82) is 0 Å². The molecule has 4 heteroatoms. The Morgan fingerprint density at radius 3 is 2.74 bits per heavy atom. The number of hydrogen-bond acceptors (Lipinski definition) is 4. The second-order valence-electron chi connectivity index (χ2n) is 5.24. The Labute approximate surface area is 114 Å². The van der Waals surface area contributed by atoms with E-state index in [0.29, 0.717) is 23.2 Å². The van der Waals surface area contributed by atoms with Crippen LogP contribution in [0.25, 0.3) is 0 Å². The van der Waals surface area contributed by atoms with Crippen molar-refractivity contribution >= 4 is 17.3 Å². The summed E-state index contributed by atoms with van der Waals surface area (Å²) in [6, 6.07) is 5.80. The third-order valence-electron chi connectivity index (χ3n) is 4.00. The van der Waals surface area contributed by atoms with E-state index in [9.17, 15) is 4.79 Å². The van der Waals surface area contributed by atoms with Crippen molar-refractivity contribution in [2.45, 2.75) is 38.6 Å². The molecule has 0 saturated heterocycles. The number of benzene rings is 1. The van der Waals surface area contributed by atoms with Gasteiger partial charge in [-0.15, -0.1) is 0 Å². The zero-order valence-electron chi connectivity index (χ0n) is 11.6. The fourth-order valence-electron chi connectivity index (χ4n) is 2.80. The number of rotatable bonds is 4. The molecule has 0 bridgehead atoms. The van der Waals surface area contributed by atoms with E-state index in [1.54, 1.807) is 6.07 Å². The van der Waals surface area contributed by atoms with E-state index in [0.717, 1.165) is 5.69 Å². The maximum Gasteiger partial charge on any atom is 0.340 e. The normalized spacial score (nSPS) is 17.2. The van der Waals surface area contributed by atoms with Gasteiger partial charge in [0.2, 0.25) is 0 Å². The van der Waals surface area contributed by atoms with Gasteiger partial charge in [0.05, 0.1) is 24.0 Å². The van der Waals surface area contributed by atoms with Gasteiger partial charge >= 0.3 is 5.97 Å². The Kier molecular flexibility index (Phi) is 4.30. The minimum atomic E-state index is -0.394. The van der Waals surface area contributed by atoms with E-state index in [2.05, 4.69) is 12.2 Å². The Hall–Kier alpha value is -1.71. The van der Waals surface area contributed by atoms with E-state index in [-0.39, 0.29) is 0 Å². The lowest BCUT2D eigenvalue weighted by Crippen LogP contribution is -2.24. The summed E-state index contributed by atoms with van der Waals surface area (Å²) in [7, 11) is 1.36. The van der Waals surface area contributed by atoms with Crippen LogP contribution in [0.2, 0.25) is 0 Å². The molecule has 0 aromatic heterocycles. The molecule has 19 heavy (non-hydrogen) atoms. The van der Waals surface area contributed by atoms with Crippen molar-refractivity contribution in [2.24, 2.45) is 5.92 Å². The molecule has 4 nitrogen and oxygen atoms in total. The van der Waals surface area contributed by atoms with Gasteiger partial charge in [0.15, 0.2) is 0 Å². The van der Waals surface area contributed by atoms with Gasteiger partial charge in [0.1, 0.15) is 0 Å². The van der Waals surface area contributed by atoms with Crippen LogP contribution in [0.3, 0.4) is 0 Å². The standard InChI is InChI=1S/C15H22N2O2/c1-10(11-6-3-4-7-11)17-13-9-5-8-12(14(13)16)15(18)19-2/h5,8-11,17H,3-4,6-7,16H2,1-2H3. The topological polar surface area (TPSA) is 64.3 Å². The summed E-state index contributed by atoms with van der Waals surface area (Å²) < 4.78 is 4.73. The van der Waals surface area contributed by atoms with Crippen LogP contribution >= 0.6 is 0 Å².